The molecule has 4 heteroatoms. The molecule has 1 rings (SSSR count). The van der Waals surface area contributed by atoms with Gasteiger partial charge in [-0.2, -0.15) is 0 Å². The average Bonchev–Trinajstić information content (AvgIpc) is 2.16. The molecule has 0 spiro atoms. The van der Waals surface area contributed by atoms with Gasteiger partial charge in [0, 0.05) is 0 Å². The first-order chi connectivity index (χ1) is 6.52. The molecule has 0 saturated heterocycles. The van der Waals surface area contributed by atoms with Crippen molar-refractivity contribution in [2.75, 3.05) is 0 Å². The van der Waals surface area contributed by atoms with Gasteiger partial charge in [-0.25, -0.2) is 0 Å². The Labute approximate surface area is 90.6 Å². The van der Waals surface area contributed by atoms with E-state index in [1.165, 1.54) is 0 Å². The number of hydrogen-bond donors (Lipinski definition) is 2. The van der Waals surface area contributed by atoms with Gasteiger partial charge in [-0.15, -0.1) is 0 Å². The fourth-order valence-corrected chi connectivity index (χ4v) is 1.30. The van der Waals surface area contributed by atoms with E-state index in [0.717, 1.165) is 5.56 Å². The summed E-state index contributed by atoms with van der Waals surface area (Å²) in [6, 6.07) is 9.49. The van der Waals surface area contributed by atoms with Crippen LogP contribution in [0.3, 0.4) is 0 Å². The number of carboxylic acids is 1. The maximum absolute atomic E-state index is 10.6. The molecule has 0 bridgehead atoms. The van der Waals surface area contributed by atoms with Gasteiger partial charge in [0.05, 0.1) is 0 Å². The Morgan fingerprint density at radius 2 is 1.93 bits per heavy atom. The van der Waals surface area contributed by atoms with Gasteiger partial charge in [-0.3, -0.25) is 0 Å². The van der Waals surface area contributed by atoms with Crippen molar-refractivity contribution in [3.05, 3.63) is 35.9 Å². The Balaban J connectivity index is 2.53. The number of rotatable bonds is 4. The zero-order valence-electron chi connectivity index (χ0n) is 7.55. The molecule has 76 valence electrons. The van der Waals surface area contributed by atoms with E-state index in [9.17, 15) is 9.90 Å². The average molecular weight is 259 g/mol. The van der Waals surface area contributed by atoms with Crippen LogP contribution in [0.1, 0.15) is 12.0 Å². The number of aliphatic carboxylic acids is 1. The van der Waals surface area contributed by atoms with Crippen LogP contribution in [0.25, 0.3) is 0 Å². The number of benzene rings is 1. The quantitative estimate of drug-likeness (QED) is 0.764. The molecule has 0 aliphatic heterocycles. The Kier molecular flexibility index (Phi) is 3.69. The van der Waals surface area contributed by atoms with E-state index in [0.29, 0.717) is 6.42 Å². The Morgan fingerprint density at radius 1 is 1.36 bits per heavy atom. The van der Waals surface area contributed by atoms with E-state index >= 15 is 0 Å². The first-order valence-corrected chi connectivity index (χ1v) is 5.18. The van der Waals surface area contributed by atoms with Crippen molar-refractivity contribution < 1.29 is 15.0 Å². The molecule has 0 saturated carbocycles. The van der Waals surface area contributed by atoms with Gasteiger partial charge in [0.25, 0.3) is 0 Å². The van der Waals surface area contributed by atoms with E-state index in [2.05, 4.69) is 0 Å². The van der Waals surface area contributed by atoms with Crippen LogP contribution in [-0.2, 0) is 11.2 Å². The SMILES string of the molecule is O=C(O)C(O)([SeH])CCc1ccccc1. The molecule has 0 amide bonds. The summed E-state index contributed by atoms with van der Waals surface area (Å²) < 4.78 is -1.69. The van der Waals surface area contributed by atoms with E-state index in [4.69, 9.17) is 5.11 Å². The summed E-state index contributed by atoms with van der Waals surface area (Å²) in [5.41, 5.74) is 1.03. The molecule has 3 nitrogen and oxygen atoms in total. The monoisotopic (exact) mass is 260 g/mol. The van der Waals surface area contributed by atoms with Gasteiger partial charge in [0.15, 0.2) is 0 Å². The van der Waals surface area contributed by atoms with Gasteiger partial charge in [-0.05, 0) is 0 Å². The first kappa shape index (κ1) is 11.2. The molecule has 14 heavy (non-hydrogen) atoms. The van der Waals surface area contributed by atoms with Crippen LogP contribution < -0.4 is 0 Å². The molecule has 1 aromatic carbocycles. The Bertz CT molecular complexity index is 308. The molecule has 1 atom stereocenters. The number of carbonyl (C=O) groups is 1. The fraction of sp³-hybridized carbons (Fsp3) is 0.300. The predicted molar refractivity (Wildman–Crippen MR) is 54.5 cm³/mol. The van der Waals surface area contributed by atoms with E-state index in [1.54, 1.807) is 16.0 Å². The summed E-state index contributed by atoms with van der Waals surface area (Å²) in [5.74, 6) is -1.20. The van der Waals surface area contributed by atoms with Gasteiger partial charge >= 0.3 is 90.2 Å². The van der Waals surface area contributed by atoms with Crippen molar-refractivity contribution >= 4 is 22.0 Å². The predicted octanol–water partition coefficient (Wildman–Crippen LogP) is 0.293. The summed E-state index contributed by atoms with van der Waals surface area (Å²) in [7, 11) is 0. The fourth-order valence-electron chi connectivity index (χ4n) is 1.07. The van der Waals surface area contributed by atoms with Crippen molar-refractivity contribution in [1.82, 2.24) is 0 Å². The molecule has 0 fully saturated rings. The van der Waals surface area contributed by atoms with Crippen molar-refractivity contribution in [3.63, 3.8) is 0 Å². The van der Waals surface area contributed by atoms with Gasteiger partial charge < -0.3 is 0 Å². The van der Waals surface area contributed by atoms with Gasteiger partial charge in [-0.1, -0.05) is 0 Å². The molecular formula is C10H12O3Se. The standard InChI is InChI=1S/C10H12O3Se/c11-9(12)10(13,14)7-6-8-4-2-1-3-5-8/h1-5,13-14H,6-7H2,(H,11,12). The Hall–Kier alpha value is -0.831. The molecule has 0 heterocycles. The summed E-state index contributed by atoms with van der Waals surface area (Å²) >= 11 is 1.80. The van der Waals surface area contributed by atoms with Crippen LogP contribution in [0.4, 0.5) is 0 Å². The number of aliphatic hydroxyl groups is 1. The summed E-state index contributed by atoms with van der Waals surface area (Å²) in [4.78, 5) is 10.6. The van der Waals surface area contributed by atoms with Crippen molar-refractivity contribution in [2.24, 2.45) is 0 Å². The second kappa shape index (κ2) is 4.60. The van der Waals surface area contributed by atoms with E-state index in [1.807, 2.05) is 30.3 Å². The molecule has 1 aromatic rings. The van der Waals surface area contributed by atoms with E-state index in [-0.39, 0.29) is 6.42 Å². The first-order valence-electron chi connectivity index (χ1n) is 4.24. The second-order valence-corrected chi connectivity index (χ2v) is 4.66. The summed E-state index contributed by atoms with van der Waals surface area (Å²) in [6.45, 7) is 0. The number of hydrogen-bond acceptors (Lipinski definition) is 2. The number of aryl methyl sites for hydroxylation is 1. The van der Waals surface area contributed by atoms with Gasteiger partial charge in [0.1, 0.15) is 0 Å². The molecule has 0 radical (unpaired) electrons. The summed E-state index contributed by atoms with van der Waals surface area (Å²) in [5, 5.41) is 18.1. The van der Waals surface area contributed by atoms with Gasteiger partial charge in [0.2, 0.25) is 0 Å². The van der Waals surface area contributed by atoms with Crippen molar-refractivity contribution in [2.45, 2.75) is 17.3 Å². The molecule has 1 unspecified atom stereocenters. The molecule has 0 aromatic heterocycles. The van der Waals surface area contributed by atoms with Crippen LogP contribution in [0, 0.1) is 0 Å². The van der Waals surface area contributed by atoms with Crippen LogP contribution >= 0.6 is 0 Å². The Morgan fingerprint density at radius 3 is 2.43 bits per heavy atom. The normalized spacial score (nSPS) is 14.7. The zero-order valence-corrected chi connectivity index (χ0v) is 9.43. The second-order valence-electron chi connectivity index (χ2n) is 3.11. The number of carboxylic acid groups (broad SMARTS) is 1. The summed E-state index contributed by atoms with van der Waals surface area (Å²) in [6.07, 6.45) is 0.755. The molecule has 0 aliphatic carbocycles. The van der Waals surface area contributed by atoms with Crippen LogP contribution in [-0.4, -0.2) is 36.7 Å². The molecular weight excluding hydrogens is 247 g/mol. The third-order valence-electron chi connectivity index (χ3n) is 1.95. The van der Waals surface area contributed by atoms with Crippen molar-refractivity contribution in [3.8, 4) is 0 Å². The molecule has 0 aliphatic rings. The zero-order chi connectivity index (χ0) is 10.6. The third-order valence-corrected chi connectivity index (χ3v) is 2.82. The topological polar surface area (TPSA) is 57.5 Å². The van der Waals surface area contributed by atoms with Crippen LogP contribution in [0.5, 0.6) is 0 Å². The van der Waals surface area contributed by atoms with Crippen LogP contribution in [0.15, 0.2) is 30.3 Å². The van der Waals surface area contributed by atoms with E-state index < -0.39 is 10.5 Å². The van der Waals surface area contributed by atoms with Crippen LogP contribution in [0.2, 0.25) is 0 Å². The van der Waals surface area contributed by atoms with Crippen molar-refractivity contribution in [1.29, 1.82) is 0 Å². The maximum atomic E-state index is 10.6. The minimum absolute atomic E-state index is 0.201. The molecule has 2 N–H and O–H groups in total. The minimum atomic E-state index is -1.69. The third kappa shape index (κ3) is 3.14.